The molecular formula is C47H58O10. The van der Waals surface area contributed by atoms with Gasteiger partial charge in [-0.3, -0.25) is 28.8 Å². The third kappa shape index (κ3) is 16.5. The predicted octanol–water partition coefficient (Wildman–Crippen LogP) is 9.35. The van der Waals surface area contributed by atoms with Crippen LogP contribution in [0.5, 0.6) is 0 Å². The zero-order valence-electron chi connectivity index (χ0n) is 34.7. The van der Waals surface area contributed by atoms with Gasteiger partial charge in [-0.25, -0.2) is 0 Å². The number of carbonyl (C=O) groups excluding carboxylic acids is 4. The van der Waals surface area contributed by atoms with Gasteiger partial charge in [-0.05, 0) is 81.6 Å². The van der Waals surface area contributed by atoms with Crippen molar-refractivity contribution in [3.05, 3.63) is 130 Å². The van der Waals surface area contributed by atoms with E-state index >= 15 is 0 Å². The zero-order chi connectivity index (χ0) is 42.9. The van der Waals surface area contributed by atoms with Gasteiger partial charge >= 0.3 is 23.9 Å². The van der Waals surface area contributed by atoms with E-state index in [2.05, 4.69) is 0 Å². The monoisotopic (exact) mass is 782 g/mol. The number of Topliss-reactive ketones (excluding diaryl/α,β-unsaturated/α-hetero) is 2. The van der Waals surface area contributed by atoms with E-state index in [0.29, 0.717) is 24.0 Å². The fraction of sp³-hybridized carbons (Fsp3) is 0.404. The van der Waals surface area contributed by atoms with E-state index in [4.69, 9.17) is 19.7 Å². The Morgan fingerprint density at radius 2 is 1.05 bits per heavy atom. The molecule has 10 nitrogen and oxygen atoms in total. The lowest BCUT2D eigenvalue weighted by Gasteiger charge is -2.36. The standard InChI is InChI=1S/C47H58O10/c1-30(16-12-18-32(3)20-22-37-34(5)28-39(45(54)35(37)6)56-43(52)26-24-41(48)49)14-10-11-15-31(2)17-13-19-33(4)21-23-38-36(7)46(55)40(29-47(38,8)9)57-44(53)27-25-42(50)51/h10-23,34,39-40H,24-29H2,1-9H3,(H,48,49)(H,50,51)/b11-10+,16-12+,17-13+,22-20+,23-21+,30-14+,31-15+,32-18+,33-19+. The maximum Gasteiger partial charge on any atom is 0.307 e. The second-order valence-corrected chi connectivity index (χ2v) is 15.2. The minimum atomic E-state index is -1.09. The summed E-state index contributed by atoms with van der Waals surface area (Å²) in [6.07, 6.45) is 25.2. The van der Waals surface area contributed by atoms with Crippen molar-refractivity contribution in [2.24, 2.45) is 11.3 Å². The molecule has 2 aliphatic rings. The van der Waals surface area contributed by atoms with Crippen LogP contribution in [0, 0.1) is 11.3 Å². The van der Waals surface area contributed by atoms with Crippen molar-refractivity contribution in [1.29, 1.82) is 0 Å². The third-order valence-corrected chi connectivity index (χ3v) is 9.62. The van der Waals surface area contributed by atoms with Gasteiger partial charge in [-0.15, -0.1) is 0 Å². The van der Waals surface area contributed by atoms with E-state index in [1.54, 1.807) is 13.8 Å². The minimum absolute atomic E-state index is 0.0120. The first-order valence-electron chi connectivity index (χ1n) is 19.1. The van der Waals surface area contributed by atoms with Crippen LogP contribution in [-0.4, -0.2) is 57.9 Å². The molecular weight excluding hydrogens is 725 g/mol. The lowest BCUT2D eigenvalue weighted by atomic mass is 9.71. The van der Waals surface area contributed by atoms with Crippen LogP contribution in [0.4, 0.5) is 0 Å². The number of hydrogen-bond acceptors (Lipinski definition) is 8. The summed E-state index contributed by atoms with van der Waals surface area (Å²) in [6, 6.07) is 0. The molecule has 306 valence electrons. The second-order valence-electron chi connectivity index (χ2n) is 15.2. The summed E-state index contributed by atoms with van der Waals surface area (Å²) in [5.74, 6) is -4.08. The van der Waals surface area contributed by atoms with E-state index < -0.39 is 41.5 Å². The van der Waals surface area contributed by atoms with Gasteiger partial charge in [0.15, 0.2) is 23.8 Å². The molecule has 0 amide bonds. The van der Waals surface area contributed by atoms with E-state index in [9.17, 15) is 28.8 Å². The van der Waals surface area contributed by atoms with Gasteiger partial charge < -0.3 is 19.7 Å². The summed E-state index contributed by atoms with van der Waals surface area (Å²) < 4.78 is 10.6. The highest BCUT2D eigenvalue weighted by molar-refractivity contribution is 6.02. The summed E-state index contributed by atoms with van der Waals surface area (Å²) in [5.41, 5.74) is 6.49. The molecule has 3 atom stereocenters. The predicted molar refractivity (Wildman–Crippen MR) is 222 cm³/mol. The lowest BCUT2D eigenvalue weighted by Crippen LogP contribution is -2.39. The summed E-state index contributed by atoms with van der Waals surface area (Å²) in [5, 5.41) is 17.6. The number of carbonyl (C=O) groups is 6. The fourth-order valence-corrected chi connectivity index (χ4v) is 6.32. The van der Waals surface area contributed by atoms with Crippen LogP contribution >= 0.6 is 0 Å². The highest BCUT2D eigenvalue weighted by atomic mass is 16.6. The van der Waals surface area contributed by atoms with Gasteiger partial charge in [0.1, 0.15) is 0 Å². The van der Waals surface area contributed by atoms with Crippen LogP contribution in [0.15, 0.2) is 130 Å². The van der Waals surface area contributed by atoms with Crippen LogP contribution in [0.3, 0.4) is 0 Å². The molecule has 0 bridgehead atoms. The smallest absolute Gasteiger partial charge is 0.307 e. The maximum absolute atomic E-state index is 13.0. The molecule has 0 spiro atoms. The normalized spacial score (nSPS) is 21.6. The number of rotatable bonds is 18. The van der Waals surface area contributed by atoms with Crippen LogP contribution in [0.25, 0.3) is 0 Å². The average molecular weight is 783 g/mol. The molecule has 0 aromatic heterocycles. The quantitative estimate of drug-likeness (QED) is 0.101. The van der Waals surface area contributed by atoms with Crippen molar-refractivity contribution in [2.45, 2.75) is 113 Å². The van der Waals surface area contributed by atoms with E-state index in [1.165, 1.54) is 0 Å². The molecule has 57 heavy (non-hydrogen) atoms. The molecule has 0 aliphatic heterocycles. The van der Waals surface area contributed by atoms with Gasteiger partial charge in [-0.2, -0.15) is 0 Å². The molecule has 3 unspecified atom stereocenters. The Kier molecular flexibility index (Phi) is 19.0. The summed E-state index contributed by atoms with van der Waals surface area (Å²) in [6.45, 7) is 17.4. The number of ketones is 2. The van der Waals surface area contributed by atoms with E-state index in [0.717, 1.165) is 33.4 Å². The first-order chi connectivity index (χ1) is 26.7. The highest BCUT2D eigenvalue weighted by Crippen LogP contribution is 2.41. The Balaban J connectivity index is 1.94. The molecule has 0 fully saturated rings. The first-order valence-corrected chi connectivity index (χ1v) is 19.1. The molecule has 2 N–H and O–H groups in total. The first kappa shape index (κ1) is 47.5. The molecule has 0 radical (unpaired) electrons. The van der Waals surface area contributed by atoms with Gasteiger partial charge in [0.05, 0.1) is 25.7 Å². The lowest BCUT2D eigenvalue weighted by molar-refractivity contribution is -0.157. The third-order valence-electron chi connectivity index (χ3n) is 9.62. The van der Waals surface area contributed by atoms with Gasteiger partial charge in [0, 0.05) is 6.42 Å². The maximum atomic E-state index is 13.0. The van der Waals surface area contributed by atoms with Crippen LogP contribution < -0.4 is 0 Å². The molecule has 0 heterocycles. The Bertz CT molecular complexity index is 1910. The van der Waals surface area contributed by atoms with Crippen molar-refractivity contribution in [3.63, 3.8) is 0 Å². The zero-order valence-corrected chi connectivity index (χ0v) is 34.7. The average Bonchev–Trinajstić information content (AvgIpc) is 3.12. The highest BCUT2D eigenvalue weighted by Gasteiger charge is 2.40. The number of aliphatic carboxylic acids is 2. The van der Waals surface area contributed by atoms with E-state index in [1.807, 2.05) is 134 Å². The van der Waals surface area contributed by atoms with Crippen molar-refractivity contribution in [3.8, 4) is 0 Å². The molecule has 0 aromatic carbocycles. The van der Waals surface area contributed by atoms with Crippen molar-refractivity contribution in [1.82, 2.24) is 0 Å². The Morgan fingerprint density at radius 3 is 1.54 bits per heavy atom. The second kappa shape index (κ2) is 22.8. The molecule has 0 aromatic rings. The largest absolute Gasteiger partial charge is 0.481 e. The SMILES string of the molecule is CC1=C(/C=C/C(C)=C/C=C/C(C)=C/C=C/C=C(C)/C=C/C=C(C)/C=C/C2=C(C)C(=O)C(OC(=O)CCC(=O)O)CC2(C)C)C(C)CC(OC(=O)CCC(=O)O)C1=O. The van der Waals surface area contributed by atoms with Gasteiger partial charge in [0.25, 0.3) is 0 Å². The number of hydrogen-bond donors (Lipinski definition) is 2. The molecule has 2 rings (SSSR count). The van der Waals surface area contributed by atoms with Crippen molar-refractivity contribution < 1.29 is 48.5 Å². The summed E-state index contributed by atoms with van der Waals surface area (Å²) >= 11 is 0. The topological polar surface area (TPSA) is 161 Å². The Labute approximate surface area is 337 Å². The Hall–Kier alpha value is -5.64. The minimum Gasteiger partial charge on any atom is -0.481 e. The number of carboxylic acids is 2. The van der Waals surface area contributed by atoms with Crippen LogP contribution in [0.1, 0.15) is 101 Å². The Morgan fingerprint density at radius 1 is 0.632 bits per heavy atom. The fourth-order valence-electron chi connectivity index (χ4n) is 6.32. The van der Waals surface area contributed by atoms with Crippen molar-refractivity contribution >= 4 is 35.4 Å². The summed E-state index contributed by atoms with van der Waals surface area (Å²) in [4.78, 5) is 71.4. The number of allylic oxidation sites excluding steroid dienone is 20. The molecule has 0 saturated carbocycles. The number of ether oxygens (including phenoxy) is 2. The number of esters is 2. The van der Waals surface area contributed by atoms with Gasteiger partial charge in [-0.1, -0.05) is 128 Å². The molecule has 2 aliphatic carbocycles. The molecule has 0 saturated heterocycles. The van der Waals surface area contributed by atoms with E-state index in [-0.39, 0.29) is 43.2 Å². The number of carboxylic acid groups (broad SMARTS) is 2. The summed E-state index contributed by atoms with van der Waals surface area (Å²) in [7, 11) is 0. The van der Waals surface area contributed by atoms with Crippen LogP contribution in [0.2, 0.25) is 0 Å². The molecule has 10 heteroatoms. The van der Waals surface area contributed by atoms with Crippen molar-refractivity contribution in [2.75, 3.05) is 0 Å². The van der Waals surface area contributed by atoms with Crippen LogP contribution in [-0.2, 0) is 38.2 Å². The van der Waals surface area contributed by atoms with Gasteiger partial charge in [0.2, 0.25) is 0 Å².